The topological polar surface area (TPSA) is 64.1 Å². The maximum Gasteiger partial charge on any atom is 0.191 e. The number of nitrogens with one attached hydrogen (secondary N) is 2. The number of hydrogen-bond acceptors (Lipinski definition) is 4. The van der Waals surface area contributed by atoms with Gasteiger partial charge < -0.3 is 24.8 Å². The van der Waals surface area contributed by atoms with Gasteiger partial charge in [-0.05, 0) is 36.0 Å². The van der Waals surface area contributed by atoms with Crippen molar-refractivity contribution in [2.75, 3.05) is 53.2 Å². The highest BCUT2D eigenvalue weighted by molar-refractivity contribution is 14.0. The molecule has 1 aliphatic heterocycles. The average Bonchev–Trinajstić information content (AvgIpc) is 3.19. The highest BCUT2D eigenvalue weighted by Gasteiger charge is 2.15. The van der Waals surface area contributed by atoms with Crippen LogP contribution in [0.1, 0.15) is 39.2 Å². The molecule has 29 heavy (non-hydrogen) atoms. The lowest BCUT2D eigenvalue weighted by Gasteiger charge is -2.19. The van der Waals surface area contributed by atoms with Crippen molar-refractivity contribution in [2.24, 2.45) is 10.9 Å². The Balaban J connectivity index is 0.00000420. The van der Waals surface area contributed by atoms with E-state index in [0.29, 0.717) is 19.1 Å². The molecule has 6 nitrogen and oxygen atoms in total. The molecule has 0 aliphatic carbocycles. The fraction of sp³-hybridized carbons (Fsp3) is 0.682. The molecule has 1 unspecified atom stereocenters. The van der Waals surface area contributed by atoms with Crippen molar-refractivity contribution in [3.63, 3.8) is 0 Å². The Hall–Kier alpha value is -1.06. The number of guanidine groups is 1. The van der Waals surface area contributed by atoms with E-state index in [9.17, 15) is 0 Å². The van der Waals surface area contributed by atoms with Crippen LogP contribution in [0, 0.1) is 5.92 Å². The van der Waals surface area contributed by atoms with E-state index in [2.05, 4.69) is 48.5 Å². The third-order valence-corrected chi connectivity index (χ3v) is 4.74. The normalized spacial score (nSPS) is 17.0. The maximum atomic E-state index is 5.80. The Morgan fingerprint density at radius 3 is 2.48 bits per heavy atom. The molecule has 1 saturated heterocycles. The molecule has 0 radical (unpaired) electrons. The zero-order valence-corrected chi connectivity index (χ0v) is 20.7. The fourth-order valence-electron chi connectivity index (χ4n) is 2.96. The zero-order chi connectivity index (χ0) is 20.2. The van der Waals surface area contributed by atoms with Crippen LogP contribution in [0.3, 0.4) is 0 Å². The van der Waals surface area contributed by atoms with E-state index in [0.717, 1.165) is 57.5 Å². The summed E-state index contributed by atoms with van der Waals surface area (Å²) in [6.45, 7) is 12.0. The first-order valence-corrected chi connectivity index (χ1v) is 10.3. The quantitative estimate of drug-likeness (QED) is 0.214. The van der Waals surface area contributed by atoms with Gasteiger partial charge in [-0.1, -0.05) is 32.9 Å². The van der Waals surface area contributed by atoms with Gasteiger partial charge in [-0.15, -0.1) is 24.0 Å². The van der Waals surface area contributed by atoms with Crippen LogP contribution in [0.2, 0.25) is 0 Å². The number of nitrogens with zero attached hydrogens (tertiary/aromatic N) is 1. The average molecular weight is 519 g/mol. The third-order valence-electron chi connectivity index (χ3n) is 4.74. The van der Waals surface area contributed by atoms with Gasteiger partial charge in [0.15, 0.2) is 5.96 Å². The Morgan fingerprint density at radius 1 is 1.14 bits per heavy atom. The zero-order valence-electron chi connectivity index (χ0n) is 18.3. The fourth-order valence-corrected chi connectivity index (χ4v) is 2.96. The molecule has 166 valence electrons. The molecule has 2 rings (SSSR count). The van der Waals surface area contributed by atoms with Crippen LogP contribution in [0.15, 0.2) is 29.3 Å². The molecule has 1 aromatic rings. The van der Waals surface area contributed by atoms with Crippen molar-refractivity contribution in [1.82, 2.24) is 10.6 Å². The van der Waals surface area contributed by atoms with Gasteiger partial charge in [0.05, 0.1) is 19.8 Å². The van der Waals surface area contributed by atoms with E-state index in [-0.39, 0.29) is 29.4 Å². The van der Waals surface area contributed by atoms with Gasteiger partial charge in [-0.25, -0.2) is 0 Å². The summed E-state index contributed by atoms with van der Waals surface area (Å²) in [5, 5.41) is 6.57. The van der Waals surface area contributed by atoms with Crippen molar-refractivity contribution < 1.29 is 14.2 Å². The summed E-state index contributed by atoms with van der Waals surface area (Å²) in [5.74, 6) is 2.26. The van der Waals surface area contributed by atoms with Crippen molar-refractivity contribution in [1.29, 1.82) is 0 Å². The summed E-state index contributed by atoms with van der Waals surface area (Å²) >= 11 is 0. The molecule has 0 saturated carbocycles. The summed E-state index contributed by atoms with van der Waals surface area (Å²) < 4.78 is 16.9. The van der Waals surface area contributed by atoms with Crippen molar-refractivity contribution in [3.05, 3.63) is 29.8 Å². The maximum absolute atomic E-state index is 5.80. The van der Waals surface area contributed by atoms with E-state index < -0.39 is 0 Å². The smallest absolute Gasteiger partial charge is 0.191 e. The van der Waals surface area contributed by atoms with E-state index in [4.69, 9.17) is 14.2 Å². The number of halogens is 1. The van der Waals surface area contributed by atoms with Crippen molar-refractivity contribution in [2.45, 2.75) is 39.0 Å². The molecule has 0 bridgehead atoms. The van der Waals surface area contributed by atoms with E-state index in [1.165, 1.54) is 5.56 Å². The second kappa shape index (κ2) is 14.0. The van der Waals surface area contributed by atoms with Gasteiger partial charge in [-0.2, -0.15) is 0 Å². The highest BCUT2D eigenvalue weighted by atomic mass is 127. The number of aliphatic imine (C=N–C) groups is 1. The number of hydrogen-bond donors (Lipinski definition) is 2. The summed E-state index contributed by atoms with van der Waals surface area (Å²) in [7, 11) is 1.78. The lowest BCUT2D eigenvalue weighted by molar-refractivity contribution is 0.0888. The van der Waals surface area contributed by atoms with E-state index in [1.807, 2.05) is 12.1 Å². The third kappa shape index (κ3) is 10.5. The first-order valence-electron chi connectivity index (χ1n) is 10.3. The van der Waals surface area contributed by atoms with E-state index in [1.54, 1.807) is 7.05 Å². The molecule has 7 heteroatoms. The van der Waals surface area contributed by atoms with Crippen LogP contribution < -0.4 is 15.4 Å². The van der Waals surface area contributed by atoms with Gasteiger partial charge in [0, 0.05) is 32.7 Å². The van der Waals surface area contributed by atoms with Crippen LogP contribution in [0.25, 0.3) is 0 Å². The van der Waals surface area contributed by atoms with Gasteiger partial charge in [0.25, 0.3) is 0 Å². The second-order valence-corrected chi connectivity index (χ2v) is 8.21. The molecule has 0 amide bonds. The van der Waals surface area contributed by atoms with Crippen LogP contribution in [-0.2, 0) is 14.9 Å². The SMILES string of the molecule is CN=C(NCCCOCC1CCOC1)NCCOc1ccc(C(C)(C)C)cc1.I. The Labute approximate surface area is 193 Å². The Morgan fingerprint density at radius 2 is 1.86 bits per heavy atom. The van der Waals surface area contributed by atoms with Crippen LogP contribution in [0.4, 0.5) is 0 Å². The summed E-state index contributed by atoms with van der Waals surface area (Å²) in [6, 6.07) is 8.33. The predicted octanol–water partition coefficient (Wildman–Crippen LogP) is 3.59. The van der Waals surface area contributed by atoms with Gasteiger partial charge in [0.1, 0.15) is 12.4 Å². The minimum absolute atomic E-state index is 0. The molecule has 1 heterocycles. The number of benzene rings is 1. The van der Waals surface area contributed by atoms with Crippen LogP contribution in [-0.4, -0.2) is 59.1 Å². The van der Waals surface area contributed by atoms with Crippen LogP contribution >= 0.6 is 24.0 Å². The predicted molar refractivity (Wildman–Crippen MR) is 130 cm³/mol. The molecule has 2 N–H and O–H groups in total. The second-order valence-electron chi connectivity index (χ2n) is 8.21. The van der Waals surface area contributed by atoms with Crippen molar-refractivity contribution in [3.8, 4) is 5.75 Å². The standard InChI is InChI=1S/C22H37N3O3.HI/c1-22(2,3)19-6-8-20(9-7-19)28-15-12-25-21(23-4)24-11-5-13-26-16-18-10-14-27-17-18;/h6-9,18H,5,10-17H2,1-4H3,(H2,23,24,25);1H. The molecule has 0 spiro atoms. The molecular formula is C22H38IN3O3. The number of rotatable bonds is 10. The molecule has 1 aliphatic rings. The lowest BCUT2D eigenvalue weighted by Crippen LogP contribution is -2.39. The summed E-state index contributed by atoms with van der Waals surface area (Å²) in [5.41, 5.74) is 1.47. The molecule has 1 aromatic carbocycles. The summed E-state index contributed by atoms with van der Waals surface area (Å²) in [4.78, 5) is 4.23. The Kier molecular flexibility index (Phi) is 12.6. The van der Waals surface area contributed by atoms with Crippen molar-refractivity contribution >= 4 is 29.9 Å². The Bertz CT molecular complexity index is 582. The highest BCUT2D eigenvalue weighted by Crippen LogP contribution is 2.24. The van der Waals surface area contributed by atoms with E-state index >= 15 is 0 Å². The van der Waals surface area contributed by atoms with Crippen LogP contribution in [0.5, 0.6) is 5.75 Å². The molecule has 1 atom stereocenters. The van der Waals surface area contributed by atoms with Gasteiger partial charge in [0.2, 0.25) is 0 Å². The minimum Gasteiger partial charge on any atom is -0.492 e. The minimum atomic E-state index is 0. The largest absolute Gasteiger partial charge is 0.492 e. The monoisotopic (exact) mass is 519 g/mol. The first-order chi connectivity index (χ1) is 13.5. The lowest BCUT2D eigenvalue weighted by atomic mass is 9.87. The summed E-state index contributed by atoms with van der Waals surface area (Å²) in [6.07, 6.45) is 2.07. The van der Waals surface area contributed by atoms with Gasteiger partial charge in [-0.3, -0.25) is 4.99 Å². The molecule has 1 fully saturated rings. The number of ether oxygens (including phenoxy) is 3. The molecule has 0 aromatic heterocycles. The van der Waals surface area contributed by atoms with Gasteiger partial charge >= 0.3 is 0 Å². The first kappa shape index (κ1) is 26.0. The molecular weight excluding hydrogens is 481 g/mol.